The highest BCUT2D eigenvalue weighted by molar-refractivity contribution is 9.09. The third-order valence-electron chi connectivity index (χ3n) is 2.33. The van der Waals surface area contributed by atoms with Gasteiger partial charge in [0.1, 0.15) is 0 Å². The lowest BCUT2D eigenvalue weighted by Crippen LogP contribution is -2.11. The molecule has 7 heteroatoms. The number of anilines is 1. The van der Waals surface area contributed by atoms with E-state index in [-0.39, 0.29) is 17.0 Å². The smallest absolute Gasteiger partial charge is 0.257 e. The number of carbonyl (C=O) groups excluding carboxylic acids is 2. The van der Waals surface area contributed by atoms with Crippen LogP contribution in [0.3, 0.4) is 0 Å². The molecule has 0 atom stereocenters. The highest BCUT2D eigenvalue weighted by Gasteiger charge is 2.16. The summed E-state index contributed by atoms with van der Waals surface area (Å²) in [5.74, 6) is -0.312. The number of ketones is 1. The van der Waals surface area contributed by atoms with Crippen LogP contribution in [0, 0.1) is 6.92 Å². The quantitative estimate of drug-likeness (QED) is 0.686. The molecule has 1 amide bonds. The van der Waals surface area contributed by atoms with Gasteiger partial charge in [-0.2, -0.15) is 0 Å². The molecular formula is C12H10BrN3O2S. The van der Waals surface area contributed by atoms with E-state index in [9.17, 15) is 9.59 Å². The Labute approximate surface area is 122 Å². The summed E-state index contributed by atoms with van der Waals surface area (Å²) in [5, 5.41) is 3.34. The maximum Gasteiger partial charge on any atom is 0.257 e. The first kappa shape index (κ1) is 13.8. The summed E-state index contributed by atoms with van der Waals surface area (Å²) >= 11 is 4.29. The molecule has 2 aromatic rings. The van der Waals surface area contributed by atoms with E-state index in [1.807, 2.05) is 0 Å². The molecule has 0 fully saturated rings. The summed E-state index contributed by atoms with van der Waals surface area (Å²) in [6.45, 7) is 1.74. The van der Waals surface area contributed by atoms with Crippen molar-refractivity contribution in [1.29, 1.82) is 0 Å². The second-order valence-corrected chi connectivity index (χ2v) is 5.24. The van der Waals surface area contributed by atoms with Crippen LogP contribution in [0.4, 0.5) is 5.13 Å². The summed E-state index contributed by atoms with van der Waals surface area (Å²) < 4.78 is 0. The van der Waals surface area contributed by atoms with Crippen molar-refractivity contribution in [1.82, 2.24) is 9.97 Å². The molecule has 2 heterocycles. The van der Waals surface area contributed by atoms with Crippen molar-refractivity contribution in [2.45, 2.75) is 6.92 Å². The van der Waals surface area contributed by atoms with Gasteiger partial charge < -0.3 is 0 Å². The van der Waals surface area contributed by atoms with Crippen molar-refractivity contribution in [2.75, 3.05) is 10.6 Å². The molecule has 0 unspecified atom stereocenters. The maximum absolute atomic E-state index is 11.9. The van der Waals surface area contributed by atoms with Crippen molar-refractivity contribution < 1.29 is 9.59 Å². The van der Waals surface area contributed by atoms with Gasteiger partial charge in [-0.05, 0) is 19.1 Å². The molecule has 0 aromatic carbocycles. The van der Waals surface area contributed by atoms with E-state index >= 15 is 0 Å². The summed E-state index contributed by atoms with van der Waals surface area (Å²) in [6.07, 6.45) is 3.09. The van der Waals surface area contributed by atoms with Gasteiger partial charge in [0.25, 0.3) is 5.91 Å². The van der Waals surface area contributed by atoms with Crippen LogP contribution >= 0.6 is 27.3 Å². The lowest BCUT2D eigenvalue weighted by Gasteiger charge is -2.00. The number of alkyl halides is 1. The van der Waals surface area contributed by atoms with Crippen molar-refractivity contribution in [3.8, 4) is 0 Å². The van der Waals surface area contributed by atoms with Crippen LogP contribution in [0.1, 0.15) is 25.7 Å². The Morgan fingerprint density at radius 3 is 2.68 bits per heavy atom. The number of rotatable bonds is 4. The predicted octanol–water partition coefficient (Wildman–Crippen LogP) is 2.68. The molecule has 19 heavy (non-hydrogen) atoms. The largest absolute Gasteiger partial charge is 0.298 e. The van der Waals surface area contributed by atoms with Crippen molar-refractivity contribution in [3.05, 3.63) is 40.7 Å². The number of carbonyl (C=O) groups is 2. The number of aryl methyl sites for hydroxylation is 1. The molecule has 0 radical (unpaired) electrons. The van der Waals surface area contributed by atoms with Crippen LogP contribution in [0.25, 0.3) is 0 Å². The zero-order valence-corrected chi connectivity index (χ0v) is 12.4. The van der Waals surface area contributed by atoms with Crippen LogP contribution in [0.2, 0.25) is 0 Å². The number of nitrogens with zero attached hydrogens (tertiary/aromatic N) is 2. The van der Waals surface area contributed by atoms with Gasteiger partial charge in [-0.1, -0.05) is 27.3 Å². The van der Waals surface area contributed by atoms with E-state index in [4.69, 9.17) is 0 Å². The third kappa shape index (κ3) is 3.24. The Morgan fingerprint density at radius 1 is 1.37 bits per heavy atom. The van der Waals surface area contributed by atoms with Gasteiger partial charge in [0, 0.05) is 18.0 Å². The molecule has 0 saturated heterocycles. The van der Waals surface area contributed by atoms with E-state index in [0.29, 0.717) is 21.3 Å². The zero-order chi connectivity index (χ0) is 13.8. The highest BCUT2D eigenvalue weighted by atomic mass is 79.9. The van der Waals surface area contributed by atoms with Gasteiger partial charge in [0.15, 0.2) is 10.9 Å². The van der Waals surface area contributed by atoms with E-state index in [1.54, 1.807) is 31.5 Å². The minimum atomic E-state index is -0.269. The van der Waals surface area contributed by atoms with Crippen LogP contribution in [-0.2, 0) is 0 Å². The predicted molar refractivity (Wildman–Crippen MR) is 77.2 cm³/mol. The van der Waals surface area contributed by atoms with Gasteiger partial charge in [-0.3, -0.25) is 19.9 Å². The van der Waals surface area contributed by atoms with E-state index < -0.39 is 0 Å². The lowest BCUT2D eigenvalue weighted by molar-refractivity contribution is 0.101. The molecule has 0 aliphatic carbocycles. The standard InChI is InChI=1S/C12H10BrN3O2S/c1-7-10(9(17)6-13)19-12(15-7)16-11(18)8-2-4-14-5-3-8/h2-5H,6H2,1H3,(H,15,16,18). The number of aromatic nitrogens is 2. The van der Waals surface area contributed by atoms with Gasteiger partial charge in [0.2, 0.25) is 0 Å². The SMILES string of the molecule is Cc1nc(NC(=O)c2ccncc2)sc1C(=O)CBr. The number of amides is 1. The number of hydrogen-bond donors (Lipinski definition) is 1. The molecule has 1 N–H and O–H groups in total. The fourth-order valence-electron chi connectivity index (χ4n) is 1.44. The van der Waals surface area contributed by atoms with E-state index in [2.05, 4.69) is 31.2 Å². The number of nitrogens with one attached hydrogen (secondary N) is 1. The first-order valence-corrected chi connectivity index (χ1v) is 7.33. The van der Waals surface area contributed by atoms with Crippen LogP contribution in [0.15, 0.2) is 24.5 Å². The fourth-order valence-corrected chi connectivity index (χ4v) is 2.81. The van der Waals surface area contributed by atoms with Gasteiger partial charge in [-0.15, -0.1) is 0 Å². The summed E-state index contributed by atoms with van der Waals surface area (Å²) in [6, 6.07) is 3.22. The summed E-state index contributed by atoms with van der Waals surface area (Å²) in [7, 11) is 0. The number of pyridine rings is 1. The Bertz CT molecular complexity index is 613. The first-order chi connectivity index (χ1) is 9.11. The fraction of sp³-hybridized carbons (Fsp3) is 0.167. The highest BCUT2D eigenvalue weighted by Crippen LogP contribution is 2.24. The van der Waals surface area contributed by atoms with E-state index in [0.717, 1.165) is 0 Å². The van der Waals surface area contributed by atoms with Gasteiger partial charge >= 0.3 is 0 Å². The number of hydrogen-bond acceptors (Lipinski definition) is 5. The third-order valence-corrected chi connectivity index (χ3v) is 3.96. The Morgan fingerprint density at radius 2 is 2.05 bits per heavy atom. The molecule has 0 aliphatic rings. The van der Waals surface area contributed by atoms with Gasteiger partial charge in [0.05, 0.1) is 15.9 Å². The molecule has 0 spiro atoms. The van der Waals surface area contributed by atoms with Crippen molar-refractivity contribution in [3.63, 3.8) is 0 Å². The number of halogens is 1. The monoisotopic (exact) mass is 339 g/mol. The average Bonchev–Trinajstić information content (AvgIpc) is 2.79. The molecular weight excluding hydrogens is 330 g/mol. The zero-order valence-electron chi connectivity index (χ0n) is 10.0. The van der Waals surface area contributed by atoms with Crippen molar-refractivity contribution >= 4 is 44.1 Å². The van der Waals surface area contributed by atoms with E-state index in [1.165, 1.54) is 11.3 Å². The molecule has 2 aromatic heterocycles. The topological polar surface area (TPSA) is 72.0 Å². The molecule has 98 valence electrons. The molecule has 5 nitrogen and oxygen atoms in total. The Balaban J connectivity index is 2.16. The maximum atomic E-state index is 11.9. The second kappa shape index (κ2) is 6.03. The van der Waals surface area contributed by atoms with Crippen LogP contribution in [-0.4, -0.2) is 27.0 Å². The minimum absolute atomic E-state index is 0.0422. The average molecular weight is 340 g/mol. The number of Topliss-reactive ketones (excluding diaryl/α,β-unsaturated/α-hetero) is 1. The molecule has 0 aliphatic heterocycles. The molecule has 0 saturated carbocycles. The normalized spacial score (nSPS) is 10.2. The Kier molecular flexibility index (Phi) is 4.39. The number of thiazole rings is 1. The minimum Gasteiger partial charge on any atom is -0.298 e. The Hall–Kier alpha value is -1.60. The molecule has 2 rings (SSSR count). The van der Waals surface area contributed by atoms with Crippen LogP contribution < -0.4 is 5.32 Å². The lowest BCUT2D eigenvalue weighted by atomic mass is 10.2. The van der Waals surface area contributed by atoms with Gasteiger partial charge in [-0.25, -0.2) is 4.98 Å². The van der Waals surface area contributed by atoms with Crippen molar-refractivity contribution in [2.24, 2.45) is 0 Å². The first-order valence-electron chi connectivity index (χ1n) is 5.39. The molecule has 0 bridgehead atoms. The van der Waals surface area contributed by atoms with Crippen LogP contribution in [0.5, 0.6) is 0 Å². The summed E-state index contributed by atoms with van der Waals surface area (Å²) in [5.41, 5.74) is 1.12. The second-order valence-electron chi connectivity index (χ2n) is 3.68. The summed E-state index contributed by atoms with van der Waals surface area (Å²) in [4.78, 5) is 32.1.